The van der Waals surface area contributed by atoms with Gasteiger partial charge in [-0.3, -0.25) is 9.78 Å². The van der Waals surface area contributed by atoms with Gasteiger partial charge in [0.25, 0.3) is 0 Å². The Kier molecular flexibility index (Phi) is 6.99. The molecule has 4 aromatic rings. The zero-order valence-corrected chi connectivity index (χ0v) is 23.1. The van der Waals surface area contributed by atoms with Crippen LogP contribution in [0.4, 0.5) is 11.4 Å². The highest BCUT2D eigenvalue weighted by Crippen LogP contribution is 2.44. The van der Waals surface area contributed by atoms with Gasteiger partial charge < -0.3 is 20.1 Å². The highest BCUT2D eigenvalue weighted by molar-refractivity contribution is 7.80. The Hall–Kier alpha value is -4.04. The maximum atomic E-state index is 12.0. The van der Waals surface area contributed by atoms with Gasteiger partial charge in [-0.15, -0.1) is 0 Å². The second-order valence-electron chi connectivity index (χ2n) is 9.75. The van der Waals surface area contributed by atoms with E-state index < -0.39 is 0 Å². The Morgan fingerprint density at radius 1 is 1.03 bits per heavy atom. The molecule has 194 valence electrons. The molecule has 7 nitrogen and oxygen atoms in total. The summed E-state index contributed by atoms with van der Waals surface area (Å²) < 4.78 is 2.20. The molecule has 1 amide bonds. The molecule has 0 aliphatic carbocycles. The number of anilines is 2. The number of carbonyl (C=O) groups is 1. The minimum atomic E-state index is -0.150. The monoisotopic (exact) mass is 524 g/mol. The van der Waals surface area contributed by atoms with Crippen molar-refractivity contribution in [3.63, 3.8) is 0 Å². The van der Waals surface area contributed by atoms with Crippen LogP contribution < -0.4 is 15.5 Å². The molecule has 8 heteroatoms. The molecule has 0 spiro atoms. The molecule has 5 rings (SSSR count). The summed E-state index contributed by atoms with van der Waals surface area (Å²) in [6.07, 6.45) is 4.09. The van der Waals surface area contributed by atoms with Gasteiger partial charge in [-0.25, -0.2) is 4.98 Å². The molecule has 0 unspecified atom stereocenters. The summed E-state index contributed by atoms with van der Waals surface area (Å²) in [7, 11) is 0. The van der Waals surface area contributed by atoms with Crippen molar-refractivity contribution < 1.29 is 4.79 Å². The van der Waals surface area contributed by atoms with Crippen molar-refractivity contribution in [3.05, 3.63) is 101 Å². The maximum absolute atomic E-state index is 12.0. The van der Waals surface area contributed by atoms with Crippen LogP contribution in [0.3, 0.4) is 0 Å². The van der Waals surface area contributed by atoms with Crippen LogP contribution in [0, 0.1) is 27.7 Å². The lowest BCUT2D eigenvalue weighted by molar-refractivity contribution is -0.115. The third kappa shape index (κ3) is 4.67. The zero-order chi connectivity index (χ0) is 27.0. The third-order valence-electron chi connectivity index (χ3n) is 7.10. The van der Waals surface area contributed by atoms with Crippen molar-refractivity contribution >= 4 is 34.6 Å². The summed E-state index contributed by atoms with van der Waals surface area (Å²) in [5, 5.41) is 7.16. The summed E-state index contributed by atoms with van der Waals surface area (Å²) in [4.78, 5) is 23.5. The molecule has 0 saturated carbocycles. The lowest BCUT2D eigenvalue weighted by atomic mass is 9.96. The van der Waals surface area contributed by atoms with Gasteiger partial charge in [-0.2, -0.15) is 0 Å². The summed E-state index contributed by atoms with van der Waals surface area (Å²) in [6.45, 7) is 10.2. The third-order valence-corrected chi connectivity index (χ3v) is 7.42. The topological polar surface area (TPSA) is 75.1 Å². The maximum Gasteiger partial charge on any atom is 0.224 e. The first-order valence-corrected chi connectivity index (χ1v) is 13.2. The van der Waals surface area contributed by atoms with Gasteiger partial charge in [0.05, 0.1) is 17.8 Å². The quantitative estimate of drug-likeness (QED) is 0.300. The number of carbonyl (C=O) groups excluding carboxylic acids is 1. The Labute approximate surface area is 228 Å². The molecular weight excluding hydrogens is 492 g/mol. The largest absolute Gasteiger partial charge is 0.351 e. The summed E-state index contributed by atoms with van der Waals surface area (Å²) in [6, 6.07) is 18.0. The van der Waals surface area contributed by atoms with Gasteiger partial charge >= 0.3 is 0 Å². The van der Waals surface area contributed by atoms with E-state index in [9.17, 15) is 4.79 Å². The number of nitrogens with zero attached hydrogens (tertiary/aromatic N) is 4. The SMILES string of the molecule is CCC(=O)Nc1ccc(N2C(=S)N[C@H](c3ccccn3)[C@H]2c2cc(C)n(-c3cc(C)ccn3)c2C)cc1C. The van der Waals surface area contributed by atoms with Crippen molar-refractivity contribution in [2.45, 2.75) is 53.1 Å². The van der Waals surface area contributed by atoms with Gasteiger partial charge in [-0.1, -0.05) is 13.0 Å². The molecule has 1 aromatic carbocycles. The summed E-state index contributed by atoms with van der Waals surface area (Å²) >= 11 is 5.93. The van der Waals surface area contributed by atoms with Crippen LogP contribution in [-0.2, 0) is 4.79 Å². The van der Waals surface area contributed by atoms with E-state index in [-0.39, 0.29) is 18.0 Å². The van der Waals surface area contributed by atoms with Gasteiger partial charge in [0.1, 0.15) is 5.82 Å². The summed E-state index contributed by atoms with van der Waals surface area (Å²) in [5.41, 5.74) is 8.16. The molecule has 1 fully saturated rings. The van der Waals surface area contributed by atoms with Crippen LogP contribution in [-0.4, -0.2) is 25.6 Å². The van der Waals surface area contributed by atoms with E-state index in [0.29, 0.717) is 11.5 Å². The molecule has 38 heavy (non-hydrogen) atoms. The number of hydrogen-bond acceptors (Lipinski definition) is 4. The predicted octanol–water partition coefficient (Wildman–Crippen LogP) is 6.03. The fourth-order valence-electron chi connectivity index (χ4n) is 5.21. The normalized spacial score (nSPS) is 17.0. The highest BCUT2D eigenvalue weighted by atomic mass is 32.1. The van der Waals surface area contributed by atoms with Crippen molar-refractivity contribution in [3.8, 4) is 5.82 Å². The van der Waals surface area contributed by atoms with E-state index in [1.807, 2.05) is 62.6 Å². The van der Waals surface area contributed by atoms with Gasteiger partial charge in [0, 0.05) is 41.6 Å². The van der Waals surface area contributed by atoms with E-state index in [1.165, 1.54) is 0 Å². The van der Waals surface area contributed by atoms with Crippen molar-refractivity contribution in [2.24, 2.45) is 0 Å². The highest BCUT2D eigenvalue weighted by Gasteiger charge is 2.42. The van der Waals surface area contributed by atoms with Gasteiger partial charge in [-0.05, 0) is 105 Å². The Balaban J connectivity index is 1.64. The molecule has 1 aliphatic heterocycles. The minimum absolute atomic E-state index is 0.00972. The average molecular weight is 525 g/mol. The lowest BCUT2D eigenvalue weighted by Gasteiger charge is -2.29. The van der Waals surface area contributed by atoms with E-state index in [1.54, 1.807) is 0 Å². The minimum Gasteiger partial charge on any atom is -0.351 e. The number of pyridine rings is 2. The van der Waals surface area contributed by atoms with Crippen LogP contribution >= 0.6 is 12.2 Å². The number of hydrogen-bond donors (Lipinski definition) is 2. The number of amides is 1. The first kappa shape index (κ1) is 25.6. The van der Waals surface area contributed by atoms with E-state index in [2.05, 4.69) is 69.0 Å². The predicted molar refractivity (Wildman–Crippen MR) is 156 cm³/mol. The Morgan fingerprint density at radius 3 is 2.53 bits per heavy atom. The van der Waals surface area contributed by atoms with Crippen molar-refractivity contribution in [1.29, 1.82) is 0 Å². The van der Waals surface area contributed by atoms with E-state index in [4.69, 9.17) is 12.2 Å². The number of benzene rings is 1. The Bertz CT molecular complexity index is 1510. The van der Waals surface area contributed by atoms with Crippen molar-refractivity contribution in [2.75, 3.05) is 10.2 Å². The van der Waals surface area contributed by atoms with Crippen molar-refractivity contribution in [1.82, 2.24) is 19.9 Å². The first-order chi connectivity index (χ1) is 18.3. The van der Waals surface area contributed by atoms with Crippen LogP contribution in [0.2, 0.25) is 0 Å². The Morgan fingerprint density at radius 2 is 1.84 bits per heavy atom. The molecule has 2 N–H and O–H groups in total. The molecule has 3 aromatic heterocycles. The molecule has 1 saturated heterocycles. The summed E-state index contributed by atoms with van der Waals surface area (Å²) in [5.74, 6) is 0.886. The standard InChI is InChI=1S/C30H32N6OS/c1-6-27(37)33-24-11-10-22(16-19(24)3)36-29(28(34-30(36)38)25-9-7-8-13-31-25)23-17-20(4)35(21(23)5)26-15-18(2)12-14-32-26/h7-17,28-29H,6H2,1-5H3,(H,33,37)(H,34,38)/t28-,29-/m1/s1. The second kappa shape index (κ2) is 10.4. The van der Waals surface area contributed by atoms with Crippen LogP contribution in [0.5, 0.6) is 0 Å². The van der Waals surface area contributed by atoms with E-state index in [0.717, 1.165) is 51.0 Å². The fraction of sp³-hybridized carbons (Fsp3) is 0.267. The lowest BCUT2D eigenvalue weighted by Crippen LogP contribution is -2.29. The molecule has 0 radical (unpaired) electrons. The number of rotatable bonds is 6. The molecule has 0 bridgehead atoms. The number of aryl methyl sites for hydroxylation is 3. The van der Waals surface area contributed by atoms with Gasteiger partial charge in [0.2, 0.25) is 5.91 Å². The zero-order valence-electron chi connectivity index (χ0n) is 22.3. The van der Waals surface area contributed by atoms with Gasteiger partial charge in [0.15, 0.2) is 5.11 Å². The van der Waals surface area contributed by atoms with Crippen LogP contribution in [0.1, 0.15) is 59.2 Å². The first-order valence-electron chi connectivity index (χ1n) is 12.8. The fourth-order valence-corrected chi connectivity index (χ4v) is 5.55. The van der Waals surface area contributed by atoms with Crippen LogP contribution in [0.25, 0.3) is 5.82 Å². The van der Waals surface area contributed by atoms with Crippen LogP contribution in [0.15, 0.2) is 67.0 Å². The number of thiocarbonyl (C=S) groups is 1. The molecular formula is C30H32N6OS. The smallest absolute Gasteiger partial charge is 0.224 e. The second-order valence-corrected chi connectivity index (χ2v) is 10.1. The molecule has 2 atom stereocenters. The molecule has 1 aliphatic rings. The number of aromatic nitrogens is 3. The number of nitrogens with one attached hydrogen (secondary N) is 2. The average Bonchev–Trinajstić information content (AvgIpc) is 3.40. The van der Waals surface area contributed by atoms with E-state index >= 15 is 0 Å². The molecule has 4 heterocycles.